The Morgan fingerprint density at radius 2 is 1.56 bits per heavy atom. The molecule has 10 heteroatoms. The second-order valence-electron chi connectivity index (χ2n) is 11.2. The lowest BCUT2D eigenvalue weighted by Gasteiger charge is -2.35. The highest BCUT2D eigenvalue weighted by Crippen LogP contribution is 2.34. The van der Waals surface area contributed by atoms with Crippen LogP contribution in [0.2, 0.25) is 5.02 Å². The standard InChI is InChI=1S/C35H36ClN3O5S/c1-24-19-25(2)34(26(3)20-24)45(42,43)38(21-28-13-15-29(36)16-14-28)23-33(40)39-22-32(44-31-12-8-7-11-30(31)39)35(41)37-18-17-27-9-5-4-6-10-27/h4-16,19-20,32H,17-18,21-23H2,1-3H3,(H,37,41)/t32-/m1/s1. The first-order valence-corrected chi connectivity index (χ1v) is 16.5. The molecule has 4 aromatic carbocycles. The molecule has 0 fully saturated rings. The van der Waals surface area contributed by atoms with Crippen molar-refractivity contribution in [2.24, 2.45) is 0 Å². The van der Waals surface area contributed by atoms with Gasteiger partial charge in [0.1, 0.15) is 5.75 Å². The van der Waals surface area contributed by atoms with E-state index in [1.165, 1.54) is 9.21 Å². The number of sulfonamides is 1. The van der Waals surface area contributed by atoms with Crippen LogP contribution in [0.3, 0.4) is 0 Å². The van der Waals surface area contributed by atoms with Crippen LogP contribution < -0.4 is 15.0 Å². The molecule has 0 spiro atoms. The Bertz CT molecular complexity index is 1770. The molecule has 0 unspecified atom stereocenters. The van der Waals surface area contributed by atoms with Gasteiger partial charge in [0.2, 0.25) is 15.9 Å². The van der Waals surface area contributed by atoms with E-state index in [4.69, 9.17) is 16.3 Å². The second kappa shape index (κ2) is 13.9. The fourth-order valence-electron chi connectivity index (χ4n) is 5.65. The van der Waals surface area contributed by atoms with Crippen LogP contribution in [0.5, 0.6) is 5.75 Å². The van der Waals surface area contributed by atoms with E-state index in [0.717, 1.165) is 11.1 Å². The molecule has 0 aromatic heterocycles. The number of amides is 2. The van der Waals surface area contributed by atoms with Crippen molar-refractivity contribution >= 4 is 39.1 Å². The number of nitrogens with zero attached hydrogens (tertiary/aromatic N) is 2. The van der Waals surface area contributed by atoms with Crippen LogP contribution >= 0.6 is 11.6 Å². The summed E-state index contributed by atoms with van der Waals surface area (Å²) < 4.78 is 35.7. The maximum absolute atomic E-state index is 14.3. The molecule has 0 aliphatic carbocycles. The number of halogens is 1. The highest BCUT2D eigenvalue weighted by Gasteiger charge is 2.37. The summed E-state index contributed by atoms with van der Waals surface area (Å²) in [6.45, 7) is 5.27. The number of para-hydroxylation sites is 2. The zero-order chi connectivity index (χ0) is 32.1. The van der Waals surface area contributed by atoms with Crippen LogP contribution in [0, 0.1) is 20.8 Å². The number of hydrogen-bond acceptors (Lipinski definition) is 5. The molecule has 1 heterocycles. The van der Waals surface area contributed by atoms with Crippen molar-refractivity contribution in [2.75, 3.05) is 24.5 Å². The highest BCUT2D eigenvalue weighted by atomic mass is 35.5. The summed E-state index contributed by atoms with van der Waals surface area (Å²) in [7, 11) is -4.12. The molecule has 1 aliphatic rings. The molecule has 0 radical (unpaired) electrons. The van der Waals surface area contributed by atoms with E-state index in [1.54, 1.807) is 62.4 Å². The van der Waals surface area contributed by atoms with Crippen molar-refractivity contribution in [1.82, 2.24) is 9.62 Å². The predicted octanol–water partition coefficient (Wildman–Crippen LogP) is 5.61. The van der Waals surface area contributed by atoms with E-state index in [1.807, 2.05) is 49.4 Å². The summed E-state index contributed by atoms with van der Waals surface area (Å²) in [5.74, 6) is -0.458. The lowest BCUT2D eigenvalue weighted by molar-refractivity contribution is -0.128. The zero-order valence-electron chi connectivity index (χ0n) is 25.5. The van der Waals surface area contributed by atoms with E-state index in [2.05, 4.69) is 5.32 Å². The fraction of sp³-hybridized carbons (Fsp3) is 0.257. The van der Waals surface area contributed by atoms with Crippen molar-refractivity contribution in [2.45, 2.75) is 44.7 Å². The molecular formula is C35H36ClN3O5S. The Balaban J connectivity index is 1.41. The molecule has 1 N–H and O–H groups in total. The summed E-state index contributed by atoms with van der Waals surface area (Å²) in [6, 6.07) is 27.2. The molecule has 1 atom stereocenters. The largest absolute Gasteiger partial charge is 0.477 e. The van der Waals surface area contributed by atoms with Gasteiger partial charge >= 0.3 is 0 Å². The van der Waals surface area contributed by atoms with Gasteiger partial charge in [-0.2, -0.15) is 4.31 Å². The fourth-order valence-corrected chi connectivity index (χ4v) is 7.57. The van der Waals surface area contributed by atoms with Gasteiger partial charge in [0.15, 0.2) is 6.10 Å². The normalized spacial score (nSPS) is 14.5. The minimum absolute atomic E-state index is 0.0482. The minimum Gasteiger partial charge on any atom is -0.477 e. The summed E-state index contributed by atoms with van der Waals surface area (Å²) in [5, 5.41) is 3.43. The molecule has 5 rings (SSSR count). The maximum atomic E-state index is 14.3. The predicted molar refractivity (Wildman–Crippen MR) is 176 cm³/mol. The van der Waals surface area contributed by atoms with E-state index >= 15 is 0 Å². The number of benzene rings is 4. The molecule has 1 aliphatic heterocycles. The average Bonchev–Trinajstić information content (AvgIpc) is 3.01. The topological polar surface area (TPSA) is 96.0 Å². The van der Waals surface area contributed by atoms with Gasteiger partial charge in [-0.3, -0.25) is 9.59 Å². The van der Waals surface area contributed by atoms with Gasteiger partial charge in [0.05, 0.1) is 23.7 Å². The van der Waals surface area contributed by atoms with E-state index in [9.17, 15) is 18.0 Å². The van der Waals surface area contributed by atoms with E-state index in [-0.39, 0.29) is 23.9 Å². The molecule has 45 heavy (non-hydrogen) atoms. The number of aryl methyl sites for hydroxylation is 3. The lowest BCUT2D eigenvalue weighted by Crippen LogP contribution is -2.53. The number of ether oxygens (including phenoxy) is 1. The third kappa shape index (κ3) is 7.56. The number of carbonyl (C=O) groups excluding carboxylic acids is 2. The third-order valence-corrected chi connectivity index (χ3v) is 10.1. The molecule has 4 aromatic rings. The van der Waals surface area contributed by atoms with E-state index in [0.29, 0.717) is 46.1 Å². The van der Waals surface area contributed by atoms with Gasteiger partial charge in [-0.25, -0.2) is 8.42 Å². The van der Waals surface area contributed by atoms with Crippen LogP contribution in [0.15, 0.2) is 95.9 Å². The quantitative estimate of drug-likeness (QED) is 0.242. The Hall–Kier alpha value is -4.18. The monoisotopic (exact) mass is 645 g/mol. The van der Waals surface area contributed by atoms with Gasteiger partial charge < -0.3 is 15.0 Å². The first kappa shape index (κ1) is 32.2. The third-order valence-electron chi connectivity index (χ3n) is 7.71. The Labute approximate surface area is 269 Å². The van der Waals surface area contributed by atoms with Gasteiger partial charge in [-0.15, -0.1) is 0 Å². The van der Waals surface area contributed by atoms with Crippen LogP contribution in [0.25, 0.3) is 0 Å². The number of fused-ring (bicyclic) bond motifs is 1. The van der Waals surface area contributed by atoms with Crippen molar-refractivity contribution in [3.63, 3.8) is 0 Å². The number of anilines is 1. The highest BCUT2D eigenvalue weighted by molar-refractivity contribution is 7.89. The second-order valence-corrected chi connectivity index (χ2v) is 13.5. The van der Waals surface area contributed by atoms with Crippen LogP contribution in [-0.4, -0.2) is 50.3 Å². The summed E-state index contributed by atoms with van der Waals surface area (Å²) in [5.41, 5.74) is 4.39. The summed E-state index contributed by atoms with van der Waals surface area (Å²) in [4.78, 5) is 28.9. The molecule has 234 valence electrons. The number of hydrogen-bond donors (Lipinski definition) is 1. The van der Waals surface area contributed by atoms with Gasteiger partial charge in [-0.1, -0.05) is 83.9 Å². The van der Waals surface area contributed by atoms with Crippen LogP contribution in [0.1, 0.15) is 27.8 Å². The molecule has 0 saturated heterocycles. The van der Waals surface area contributed by atoms with Gasteiger partial charge in [0, 0.05) is 18.1 Å². The molecule has 2 amide bonds. The van der Waals surface area contributed by atoms with Crippen LogP contribution in [-0.2, 0) is 32.6 Å². The SMILES string of the molecule is Cc1cc(C)c(S(=O)(=O)N(CC(=O)N2C[C@H](C(=O)NCCc3ccccc3)Oc3ccccc32)Cc2ccc(Cl)cc2)c(C)c1. The van der Waals surface area contributed by atoms with Crippen LogP contribution in [0.4, 0.5) is 5.69 Å². The number of rotatable bonds is 10. The Kier molecular flexibility index (Phi) is 9.92. The van der Waals surface area contributed by atoms with Crippen molar-refractivity contribution in [3.8, 4) is 5.75 Å². The molecule has 0 bridgehead atoms. The van der Waals surface area contributed by atoms with Gasteiger partial charge in [-0.05, 0) is 73.7 Å². The first-order chi connectivity index (χ1) is 21.5. The number of nitrogens with one attached hydrogen (secondary N) is 1. The van der Waals surface area contributed by atoms with Crippen molar-refractivity contribution in [3.05, 3.63) is 124 Å². The average molecular weight is 646 g/mol. The van der Waals surface area contributed by atoms with Gasteiger partial charge in [0.25, 0.3) is 5.91 Å². The maximum Gasteiger partial charge on any atom is 0.262 e. The Morgan fingerprint density at radius 1 is 0.911 bits per heavy atom. The zero-order valence-corrected chi connectivity index (χ0v) is 27.1. The first-order valence-electron chi connectivity index (χ1n) is 14.7. The van der Waals surface area contributed by atoms with Crippen molar-refractivity contribution in [1.29, 1.82) is 0 Å². The minimum atomic E-state index is -4.12. The number of carbonyl (C=O) groups is 2. The van der Waals surface area contributed by atoms with Crippen molar-refractivity contribution < 1.29 is 22.7 Å². The summed E-state index contributed by atoms with van der Waals surface area (Å²) >= 11 is 6.09. The smallest absolute Gasteiger partial charge is 0.262 e. The molecule has 0 saturated carbocycles. The molecular weight excluding hydrogens is 610 g/mol. The Morgan fingerprint density at radius 3 is 2.24 bits per heavy atom. The lowest BCUT2D eigenvalue weighted by atomic mass is 10.1. The molecule has 8 nitrogen and oxygen atoms in total. The van der Waals surface area contributed by atoms with E-state index < -0.39 is 28.6 Å². The summed E-state index contributed by atoms with van der Waals surface area (Å²) in [6.07, 6.45) is -0.323.